The van der Waals surface area contributed by atoms with Crippen molar-refractivity contribution in [1.29, 1.82) is 0 Å². The van der Waals surface area contributed by atoms with Crippen LogP contribution in [0, 0.1) is 3.57 Å². The molecule has 9 heteroatoms. The van der Waals surface area contributed by atoms with E-state index in [0.717, 1.165) is 14.3 Å². The van der Waals surface area contributed by atoms with Crippen molar-refractivity contribution >= 4 is 63.1 Å². The van der Waals surface area contributed by atoms with Crippen molar-refractivity contribution < 1.29 is 19.1 Å². The fourth-order valence-corrected chi connectivity index (χ4v) is 5.35. The minimum absolute atomic E-state index is 0.00957. The normalized spacial score (nSPS) is 16.0. The number of aliphatic imine (C=N–C) groups is 1. The second kappa shape index (κ2) is 12.4. The Bertz CT molecular complexity index is 1130. The van der Waals surface area contributed by atoms with Gasteiger partial charge in [0.15, 0.2) is 23.3 Å². The summed E-state index contributed by atoms with van der Waals surface area (Å²) in [6, 6.07) is 13.1. The van der Waals surface area contributed by atoms with Crippen LogP contribution < -0.4 is 14.8 Å². The maximum Gasteiger partial charge on any atom is 0.266 e. The van der Waals surface area contributed by atoms with Gasteiger partial charge in [0.1, 0.15) is 0 Å². The predicted octanol–water partition coefficient (Wildman–Crippen LogP) is 5.80. The van der Waals surface area contributed by atoms with E-state index >= 15 is 0 Å². The van der Waals surface area contributed by atoms with Crippen LogP contribution in [0.25, 0.3) is 6.08 Å². The highest BCUT2D eigenvalue weighted by Crippen LogP contribution is 2.38. The summed E-state index contributed by atoms with van der Waals surface area (Å²) in [4.78, 5) is 32.4. The summed E-state index contributed by atoms with van der Waals surface area (Å²) in [5, 5.41) is 3.52. The zero-order valence-corrected chi connectivity index (χ0v) is 23.5. The molecule has 0 bridgehead atoms. The first-order valence-corrected chi connectivity index (χ1v) is 13.3. The number of halogens is 1. The van der Waals surface area contributed by atoms with E-state index in [1.54, 1.807) is 4.90 Å². The lowest BCUT2D eigenvalue weighted by Gasteiger charge is -2.20. The summed E-state index contributed by atoms with van der Waals surface area (Å²) in [5.41, 5.74) is 1.52. The minimum atomic E-state index is -0.264. The molecule has 0 radical (unpaired) electrons. The van der Waals surface area contributed by atoms with Gasteiger partial charge in [0.05, 0.1) is 15.1 Å². The predicted molar refractivity (Wildman–Crippen MR) is 151 cm³/mol. The van der Waals surface area contributed by atoms with Crippen LogP contribution in [0.4, 0.5) is 5.69 Å². The molecule has 0 unspecified atom stereocenters. The molecule has 1 saturated heterocycles. The molecule has 3 rings (SSSR count). The number of hydrogen-bond donors (Lipinski definition) is 1. The molecule has 1 fully saturated rings. The maximum absolute atomic E-state index is 13.1. The van der Waals surface area contributed by atoms with Crippen molar-refractivity contribution in [2.75, 3.05) is 18.5 Å². The molecule has 0 aliphatic carbocycles. The minimum Gasteiger partial charge on any atom is -0.490 e. The summed E-state index contributed by atoms with van der Waals surface area (Å²) in [6.45, 7) is 10.1. The SMILES string of the molecule is CCOc1cc(/C=C2/SC(=NC(C)C)N(C(C)C)C2=O)cc(I)c1OCC(=O)Nc1ccccc1. The highest BCUT2D eigenvalue weighted by molar-refractivity contribution is 14.1. The zero-order valence-electron chi connectivity index (χ0n) is 20.5. The van der Waals surface area contributed by atoms with E-state index in [-0.39, 0.29) is 30.5 Å². The first-order chi connectivity index (χ1) is 16.7. The van der Waals surface area contributed by atoms with E-state index in [4.69, 9.17) is 9.47 Å². The number of thioether (sulfide) groups is 1. The van der Waals surface area contributed by atoms with Crippen LogP contribution in [-0.2, 0) is 9.59 Å². The Kier molecular flexibility index (Phi) is 9.62. The number of amides is 2. The van der Waals surface area contributed by atoms with Crippen LogP contribution in [0.2, 0.25) is 0 Å². The topological polar surface area (TPSA) is 80.2 Å². The van der Waals surface area contributed by atoms with Crippen molar-refractivity contribution in [3.05, 3.63) is 56.5 Å². The van der Waals surface area contributed by atoms with E-state index < -0.39 is 0 Å². The molecule has 1 heterocycles. The lowest BCUT2D eigenvalue weighted by molar-refractivity contribution is -0.123. The third kappa shape index (κ3) is 7.23. The Morgan fingerprint density at radius 2 is 1.89 bits per heavy atom. The van der Waals surface area contributed by atoms with Gasteiger partial charge < -0.3 is 14.8 Å². The molecule has 0 spiro atoms. The molecular formula is C26H30IN3O4S. The molecule has 0 atom stereocenters. The molecule has 2 aromatic carbocycles. The number of hydrogen-bond acceptors (Lipinski definition) is 6. The van der Waals surface area contributed by atoms with Crippen molar-refractivity contribution in [1.82, 2.24) is 4.90 Å². The molecular weight excluding hydrogens is 577 g/mol. The van der Waals surface area contributed by atoms with Gasteiger partial charge in [0, 0.05) is 17.8 Å². The van der Waals surface area contributed by atoms with Gasteiger partial charge in [0.2, 0.25) is 0 Å². The number of amidine groups is 1. The van der Waals surface area contributed by atoms with Crippen LogP contribution in [0.5, 0.6) is 11.5 Å². The Balaban J connectivity index is 1.82. The van der Waals surface area contributed by atoms with E-state index in [0.29, 0.717) is 28.7 Å². The quantitative estimate of drug-likeness (QED) is 0.288. The van der Waals surface area contributed by atoms with Gasteiger partial charge in [-0.3, -0.25) is 19.5 Å². The summed E-state index contributed by atoms with van der Waals surface area (Å²) in [6.07, 6.45) is 1.85. The van der Waals surface area contributed by atoms with Crippen LogP contribution in [-0.4, -0.2) is 47.2 Å². The monoisotopic (exact) mass is 607 g/mol. The van der Waals surface area contributed by atoms with Gasteiger partial charge in [-0.25, -0.2) is 0 Å². The lowest BCUT2D eigenvalue weighted by atomic mass is 10.1. The molecule has 2 amide bonds. The summed E-state index contributed by atoms with van der Waals surface area (Å²) < 4.78 is 12.4. The first kappa shape index (κ1) is 27.1. The molecule has 2 aromatic rings. The van der Waals surface area contributed by atoms with Crippen molar-refractivity contribution in [2.24, 2.45) is 4.99 Å². The van der Waals surface area contributed by atoms with Crippen LogP contribution in [0.15, 0.2) is 52.4 Å². The summed E-state index contributed by atoms with van der Waals surface area (Å²) in [7, 11) is 0. The molecule has 1 aliphatic heterocycles. The highest BCUT2D eigenvalue weighted by Gasteiger charge is 2.35. The third-order valence-electron chi connectivity index (χ3n) is 4.76. The van der Waals surface area contributed by atoms with E-state index in [9.17, 15) is 9.59 Å². The molecule has 1 aliphatic rings. The Morgan fingerprint density at radius 1 is 1.17 bits per heavy atom. The number of rotatable bonds is 9. The molecule has 1 N–H and O–H groups in total. The fraction of sp³-hybridized carbons (Fsp3) is 0.346. The largest absolute Gasteiger partial charge is 0.490 e. The van der Waals surface area contributed by atoms with Crippen molar-refractivity contribution in [2.45, 2.75) is 46.7 Å². The maximum atomic E-state index is 13.1. The second-order valence-electron chi connectivity index (χ2n) is 8.35. The molecule has 0 saturated carbocycles. The van der Waals surface area contributed by atoms with E-state index in [2.05, 4.69) is 32.9 Å². The standard InChI is InChI=1S/C26H30IN3O4S/c1-6-33-21-13-18(14-22-25(32)30(17(4)5)26(35-22)28-16(2)3)12-20(27)24(21)34-15-23(31)29-19-10-8-7-9-11-19/h7-14,16-17H,6,15H2,1-5H3,(H,29,31)/b22-14+,28-26?. The van der Waals surface area contributed by atoms with Crippen LogP contribution in [0.3, 0.4) is 0 Å². The third-order valence-corrected chi connectivity index (χ3v) is 6.55. The molecule has 186 valence electrons. The number of para-hydroxylation sites is 1. The zero-order chi connectivity index (χ0) is 25.5. The average Bonchev–Trinajstić information content (AvgIpc) is 3.08. The van der Waals surface area contributed by atoms with Gasteiger partial charge in [-0.15, -0.1) is 0 Å². The molecule has 7 nitrogen and oxygen atoms in total. The number of carbonyl (C=O) groups is 2. The van der Waals surface area contributed by atoms with Crippen LogP contribution >= 0.6 is 34.4 Å². The van der Waals surface area contributed by atoms with Crippen molar-refractivity contribution in [3.8, 4) is 11.5 Å². The Hall–Kier alpha value is -2.53. The first-order valence-electron chi connectivity index (χ1n) is 11.4. The molecule has 35 heavy (non-hydrogen) atoms. The van der Waals surface area contributed by atoms with Gasteiger partial charge in [-0.2, -0.15) is 0 Å². The van der Waals surface area contributed by atoms with E-state index in [1.807, 2.05) is 83.2 Å². The van der Waals surface area contributed by atoms with Crippen LogP contribution in [0.1, 0.15) is 40.2 Å². The number of carbonyl (C=O) groups excluding carboxylic acids is 2. The Labute approximate surface area is 224 Å². The number of ether oxygens (including phenoxy) is 2. The number of anilines is 1. The fourth-order valence-electron chi connectivity index (χ4n) is 3.33. The molecule has 0 aromatic heterocycles. The second-order valence-corrected chi connectivity index (χ2v) is 10.5. The summed E-state index contributed by atoms with van der Waals surface area (Å²) >= 11 is 3.54. The van der Waals surface area contributed by atoms with Gasteiger partial charge in [-0.05, 0) is 105 Å². The van der Waals surface area contributed by atoms with Crippen molar-refractivity contribution in [3.63, 3.8) is 0 Å². The lowest BCUT2D eigenvalue weighted by Crippen LogP contribution is -2.35. The van der Waals surface area contributed by atoms with Gasteiger partial charge >= 0.3 is 0 Å². The van der Waals surface area contributed by atoms with Gasteiger partial charge in [0.25, 0.3) is 11.8 Å². The Morgan fingerprint density at radius 3 is 2.51 bits per heavy atom. The number of benzene rings is 2. The highest BCUT2D eigenvalue weighted by atomic mass is 127. The smallest absolute Gasteiger partial charge is 0.266 e. The average molecular weight is 608 g/mol. The van der Waals surface area contributed by atoms with E-state index in [1.165, 1.54) is 11.8 Å². The summed E-state index contributed by atoms with van der Waals surface area (Å²) in [5.74, 6) is 0.690. The van der Waals surface area contributed by atoms with Gasteiger partial charge in [-0.1, -0.05) is 18.2 Å². The number of nitrogens with one attached hydrogen (secondary N) is 1. The number of nitrogens with zero attached hydrogens (tertiary/aromatic N) is 2.